The fourth-order valence-corrected chi connectivity index (χ4v) is 2.30. The first-order valence-electron chi connectivity index (χ1n) is 6.02. The molecule has 3 rings (SSSR count). The average Bonchev–Trinajstić information content (AvgIpc) is 2.91. The van der Waals surface area contributed by atoms with E-state index in [1.807, 2.05) is 0 Å². The number of halogens is 1. The Labute approximate surface area is 119 Å². The molecular weight excluding hydrogens is 286 g/mol. The van der Waals surface area contributed by atoms with Gasteiger partial charge in [0.2, 0.25) is 0 Å². The van der Waals surface area contributed by atoms with Crippen molar-refractivity contribution in [3.63, 3.8) is 0 Å². The molecule has 0 N–H and O–H groups in total. The molecule has 0 spiro atoms. The van der Waals surface area contributed by atoms with Crippen LogP contribution in [0.2, 0.25) is 5.02 Å². The molecule has 0 bridgehead atoms. The van der Waals surface area contributed by atoms with Crippen molar-refractivity contribution in [1.29, 1.82) is 0 Å². The maximum Gasteiger partial charge on any atom is 0.339 e. The molecule has 8 heteroatoms. The third-order valence-corrected chi connectivity index (χ3v) is 3.29. The van der Waals surface area contributed by atoms with Gasteiger partial charge in [-0.05, 0) is 6.07 Å². The summed E-state index contributed by atoms with van der Waals surface area (Å²) in [5.41, 5.74) is 0.784. The number of fused-ring (bicyclic) bond motifs is 1. The van der Waals surface area contributed by atoms with Gasteiger partial charge in [0.25, 0.3) is 0 Å². The van der Waals surface area contributed by atoms with Crippen LogP contribution in [0.5, 0.6) is 0 Å². The van der Waals surface area contributed by atoms with Gasteiger partial charge in [-0.2, -0.15) is 0 Å². The maximum atomic E-state index is 11.6. The Morgan fingerprint density at radius 1 is 1.50 bits per heavy atom. The summed E-state index contributed by atoms with van der Waals surface area (Å²) in [6, 6.07) is 1.50. The van der Waals surface area contributed by atoms with E-state index >= 15 is 0 Å². The predicted octanol–water partition coefficient (Wildman–Crippen LogP) is 1.26. The number of carbonyl (C=O) groups is 1. The number of ether oxygens (including phenoxy) is 3. The Balaban J connectivity index is 2.09. The Morgan fingerprint density at radius 2 is 2.35 bits per heavy atom. The van der Waals surface area contributed by atoms with E-state index in [0.717, 1.165) is 0 Å². The largest absolute Gasteiger partial charge is 0.465 e. The number of methoxy groups -OCH3 is 1. The lowest BCUT2D eigenvalue weighted by Crippen LogP contribution is -2.23. The highest BCUT2D eigenvalue weighted by molar-refractivity contribution is 6.33. The van der Waals surface area contributed by atoms with Crippen LogP contribution in [-0.4, -0.2) is 47.5 Å². The minimum Gasteiger partial charge on any atom is -0.465 e. The molecule has 0 aromatic carbocycles. The van der Waals surface area contributed by atoms with Gasteiger partial charge in [0, 0.05) is 6.20 Å². The number of pyridine rings is 1. The van der Waals surface area contributed by atoms with Crippen molar-refractivity contribution in [2.45, 2.75) is 6.10 Å². The van der Waals surface area contributed by atoms with Crippen molar-refractivity contribution in [3.05, 3.63) is 28.7 Å². The highest BCUT2D eigenvalue weighted by atomic mass is 35.5. The number of hydrogen-bond donors (Lipinski definition) is 0. The Bertz CT molecular complexity index is 651. The van der Waals surface area contributed by atoms with E-state index in [4.69, 9.17) is 25.8 Å². The Hall–Kier alpha value is -1.70. The number of esters is 1. The van der Waals surface area contributed by atoms with E-state index < -0.39 is 5.97 Å². The van der Waals surface area contributed by atoms with Gasteiger partial charge in [0.15, 0.2) is 11.5 Å². The van der Waals surface area contributed by atoms with Gasteiger partial charge in [0.05, 0.1) is 37.5 Å². The summed E-state index contributed by atoms with van der Waals surface area (Å²) in [6.45, 7) is 1.44. The lowest BCUT2D eigenvalue weighted by Gasteiger charge is -2.21. The van der Waals surface area contributed by atoms with E-state index in [-0.39, 0.29) is 6.10 Å². The number of aromatic nitrogens is 3. The van der Waals surface area contributed by atoms with Crippen molar-refractivity contribution >= 4 is 23.2 Å². The first kappa shape index (κ1) is 13.3. The SMILES string of the molecule is COC(=O)c1cc(Cl)c2nnc(C3COCCO3)n2c1. The molecule has 106 valence electrons. The van der Waals surface area contributed by atoms with Crippen LogP contribution in [0, 0.1) is 0 Å². The third kappa shape index (κ3) is 2.24. The normalized spacial score (nSPS) is 19.2. The minimum atomic E-state index is -0.478. The molecule has 3 heterocycles. The van der Waals surface area contributed by atoms with Gasteiger partial charge in [-0.15, -0.1) is 10.2 Å². The van der Waals surface area contributed by atoms with Crippen LogP contribution in [0.25, 0.3) is 5.65 Å². The van der Waals surface area contributed by atoms with Gasteiger partial charge in [-0.25, -0.2) is 4.79 Å². The van der Waals surface area contributed by atoms with Crippen LogP contribution in [-0.2, 0) is 14.2 Å². The molecule has 0 saturated carbocycles. The molecule has 1 fully saturated rings. The van der Waals surface area contributed by atoms with E-state index in [1.165, 1.54) is 13.2 Å². The molecule has 1 saturated heterocycles. The van der Waals surface area contributed by atoms with E-state index in [0.29, 0.717) is 41.9 Å². The van der Waals surface area contributed by atoms with Gasteiger partial charge in [-0.1, -0.05) is 11.6 Å². The summed E-state index contributed by atoms with van der Waals surface area (Å²) in [5, 5.41) is 8.41. The third-order valence-electron chi connectivity index (χ3n) is 3.01. The number of carbonyl (C=O) groups excluding carboxylic acids is 1. The molecule has 0 aliphatic carbocycles. The minimum absolute atomic E-state index is 0.322. The predicted molar refractivity (Wildman–Crippen MR) is 68.8 cm³/mol. The molecule has 1 aliphatic rings. The fraction of sp³-hybridized carbons (Fsp3) is 0.417. The van der Waals surface area contributed by atoms with E-state index in [1.54, 1.807) is 10.6 Å². The molecule has 20 heavy (non-hydrogen) atoms. The summed E-state index contributed by atoms with van der Waals surface area (Å²) in [7, 11) is 1.31. The summed E-state index contributed by atoms with van der Waals surface area (Å²) in [6.07, 6.45) is 1.25. The lowest BCUT2D eigenvalue weighted by atomic mass is 10.2. The fourth-order valence-electron chi connectivity index (χ4n) is 2.06. The van der Waals surface area contributed by atoms with Gasteiger partial charge >= 0.3 is 5.97 Å². The zero-order chi connectivity index (χ0) is 14.1. The van der Waals surface area contributed by atoms with Crippen LogP contribution < -0.4 is 0 Å². The quantitative estimate of drug-likeness (QED) is 0.777. The Kier molecular flexibility index (Phi) is 3.56. The number of hydrogen-bond acceptors (Lipinski definition) is 6. The molecular formula is C12H12ClN3O4. The highest BCUT2D eigenvalue weighted by Crippen LogP contribution is 2.24. The molecule has 1 aliphatic heterocycles. The van der Waals surface area contributed by atoms with Gasteiger partial charge < -0.3 is 14.2 Å². The van der Waals surface area contributed by atoms with Gasteiger partial charge in [-0.3, -0.25) is 4.40 Å². The van der Waals surface area contributed by atoms with Crippen molar-refractivity contribution in [2.24, 2.45) is 0 Å². The average molecular weight is 298 g/mol. The van der Waals surface area contributed by atoms with Crippen LogP contribution >= 0.6 is 11.6 Å². The van der Waals surface area contributed by atoms with Crippen LogP contribution in [0.15, 0.2) is 12.3 Å². The van der Waals surface area contributed by atoms with Crippen molar-refractivity contribution in [1.82, 2.24) is 14.6 Å². The molecule has 2 aromatic rings. The lowest BCUT2D eigenvalue weighted by molar-refractivity contribution is -0.0938. The number of rotatable bonds is 2. The molecule has 2 aromatic heterocycles. The maximum absolute atomic E-state index is 11.6. The summed E-state index contributed by atoms with van der Waals surface area (Å²) >= 11 is 6.11. The second kappa shape index (κ2) is 5.35. The highest BCUT2D eigenvalue weighted by Gasteiger charge is 2.24. The first-order valence-corrected chi connectivity index (χ1v) is 6.40. The zero-order valence-corrected chi connectivity index (χ0v) is 11.5. The van der Waals surface area contributed by atoms with Crippen LogP contribution in [0.4, 0.5) is 0 Å². The molecule has 7 nitrogen and oxygen atoms in total. The topological polar surface area (TPSA) is 75.0 Å². The first-order chi connectivity index (χ1) is 9.70. The second-order valence-electron chi connectivity index (χ2n) is 4.25. The zero-order valence-electron chi connectivity index (χ0n) is 10.7. The summed E-state index contributed by atoms with van der Waals surface area (Å²) < 4.78 is 17.3. The molecule has 1 atom stereocenters. The summed E-state index contributed by atoms with van der Waals surface area (Å²) in [4.78, 5) is 11.6. The Morgan fingerprint density at radius 3 is 3.05 bits per heavy atom. The van der Waals surface area contributed by atoms with Crippen molar-refractivity contribution in [2.75, 3.05) is 26.9 Å². The summed E-state index contributed by atoms with van der Waals surface area (Å²) in [5.74, 6) is 0.0709. The monoisotopic (exact) mass is 297 g/mol. The second-order valence-corrected chi connectivity index (χ2v) is 4.66. The van der Waals surface area contributed by atoms with Crippen LogP contribution in [0.3, 0.4) is 0 Å². The van der Waals surface area contributed by atoms with E-state index in [2.05, 4.69) is 10.2 Å². The van der Waals surface area contributed by atoms with Crippen molar-refractivity contribution < 1.29 is 19.0 Å². The van der Waals surface area contributed by atoms with Gasteiger partial charge in [0.1, 0.15) is 6.10 Å². The molecule has 1 unspecified atom stereocenters. The standard InChI is InChI=1S/C12H12ClN3O4/c1-18-12(17)7-4-8(13)10-14-15-11(16(10)5-7)9-6-19-2-3-20-9/h4-5,9H,2-3,6H2,1H3. The molecule has 0 radical (unpaired) electrons. The van der Waals surface area contributed by atoms with E-state index in [9.17, 15) is 4.79 Å². The van der Waals surface area contributed by atoms with Crippen LogP contribution in [0.1, 0.15) is 22.3 Å². The van der Waals surface area contributed by atoms with Crippen molar-refractivity contribution in [3.8, 4) is 0 Å². The smallest absolute Gasteiger partial charge is 0.339 e. The number of nitrogens with zero attached hydrogens (tertiary/aromatic N) is 3. The molecule has 0 amide bonds.